The van der Waals surface area contributed by atoms with Crippen molar-refractivity contribution in [3.05, 3.63) is 10.1 Å². The summed E-state index contributed by atoms with van der Waals surface area (Å²) in [6.07, 6.45) is 11.0. The lowest BCUT2D eigenvalue weighted by Gasteiger charge is -2.64. The molecule has 200 valence electrons. The number of carbonyl (C=O) groups excluding carboxylic acids is 1. The molecule has 0 spiro atoms. The van der Waals surface area contributed by atoms with E-state index in [-0.39, 0.29) is 27.8 Å². The zero-order valence-electron chi connectivity index (χ0n) is 22.9. The number of rotatable bonds is 7. The fourth-order valence-electron chi connectivity index (χ4n) is 9.81. The molecular weight excluding hydrogens is 462 g/mol. The minimum atomic E-state index is -0.952. The van der Waals surface area contributed by atoms with E-state index in [1.54, 1.807) is 0 Å². The molecule has 5 nitrogen and oxygen atoms in total. The lowest BCUT2D eigenvalue weighted by Crippen LogP contribution is -2.67. The first-order valence-corrected chi connectivity index (χ1v) is 14.7. The monoisotopic (exact) mass is 509 g/mol. The Bertz CT molecular complexity index is 819. The Hall–Kier alpha value is -0.840. The van der Waals surface area contributed by atoms with E-state index < -0.39 is 10.9 Å². The van der Waals surface area contributed by atoms with Gasteiger partial charge in [-0.15, -0.1) is 11.6 Å². The standard InChI is InChI=1S/C29H48ClNO4/c1-18(2)8-7-9-19(3)23-10-11-24-22-16-26(31(33)34)29(30)17-21(35-20(4)32)12-15-28(29,6)25(22)13-14-27(23,24)5/h18-19,21-26H,7-17H2,1-6H3/t19-,21-,22-,23-,24-,25-,26-,27+,28-,29+/m1/s1. The van der Waals surface area contributed by atoms with Crippen molar-refractivity contribution < 1.29 is 14.5 Å². The zero-order valence-corrected chi connectivity index (χ0v) is 23.6. The van der Waals surface area contributed by atoms with E-state index in [0.717, 1.165) is 37.0 Å². The van der Waals surface area contributed by atoms with Gasteiger partial charge < -0.3 is 4.74 Å². The van der Waals surface area contributed by atoms with Crippen LogP contribution in [0.1, 0.15) is 112 Å². The number of fused-ring (bicyclic) bond motifs is 5. The molecule has 0 aromatic heterocycles. The lowest BCUT2D eigenvalue weighted by atomic mass is 9.43. The van der Waals surface area contributed by atoms with E-state index in [1.165, 1.54) is 45.4 Å². The quantitative estimate of drug-likeness (QED) is 0.153. The van der Waals surface area contributed by atoms with E-state index >= 15 is 0 Å². The van der Waals surface area contributed by atoms with Gasteiger partial charge in [0.1, 0.15) is 11.0 Å². The van der Waals surface area contributed by atoms with Crippen LogP contribution in [0.5, 0.6) is 0 Å². The van der Waals surface area contributed by atoms with Crippen LogP contribution in [0.25, 0.3) is 0 Å². The second-order valence-electron chi connectivity index (χ2n) is 13.7. The highest BCUT2D eigenvalue weighted by Gasteiger charge is 2.71. The van der Waals surface area contributed by atoms with Crippen LogP contribution in [0.3, 0.4) is 0 Å². The molecule has 0 aromatic carbocycles. The summed E-state index contributed by atoms with van der Waals surface area (Å²) in [6.45, 7) is 13.3. The van der Waals surface area contributed by atoms with Gasteiger partial charge in [-0.05, 0) is 84.9 Å². The molecule has 0 aromatic rings. The summed E-state index contributed by atoms with van der Waals surface area (Å²) in [5.41, 5.74) is -0.00860. The molecule has 10 atom stereocenters. The average molecular weight is 510 g/mol. The van der Waals surface area contributed by atoms with E-state index in [0.29, 0.717) is 30.6 Å². The first-order valence-electron chi connectivity index (χ1n) is 14.3. The first kappa shape index (κ1) is 27.2. The largest absolute Gasteiger partial charge is 0.462 e. The number of halogens is 1. The van der Waals surface area contributed by atoms with Crippen molar-refractivity contribution in [2.75, 3.05) is 0 Å². The van der Waals surface area contributed by atoms with Crippen molar-refractivity contribution in [3.63, 3.8) is 0 Å². The third-order valence-corrected chi connectivity index (χ3v) is 12.4. The number of nitrogens with zero attached hydrogens (tertiary/aromatic N) is 1. The Labute approximate surface area is 217 Å². The van der Waals surface area contributed by atoms with Crippen LogP contribution in [0.15, 0.2) is 0 Å². The van der Waals surface area contributed by atoms with Crippen LogP contribution in [-0.4, -0.2) is 27.9 Å². The summed E-state index contributed by atoms with van der Waals surface area (Å²) in [4.78, 5) is 23.1. The van der Waals surface area contributed by atoms with Gasteiger partial charge in [0.05, 0.1) is 0 Å². The van der Waals surface area contributed by atoms with E-state index in [2.05, 4.69) is 34.6 Å². The van der Waals surface area contributed by atoms with Gasteiger partial charge in [-0.25, -0.2) is 0 Å². The molecule has 35 heavy (non-hydrogen) atoms. The fraction of sp³-hybridized carbons (Fsp3) is 0.966. The Morgan fingerprint density at radius 2 is 1.80 bits per heavy atom. The van der Waals surface area contributed by atoms with Gasteiger partial charge in [0.25, 0.3) is 0 Å². The van der Waals surface area contributed by atoms with Crippen LogP contribution in [-0.2, 0) is 9.53 Å². The van der Waals surface area contributed by atoms with Crippen molar-refractivity contribution >= 4 is 17.6 Å². The predicted octanol–water partition coefficient (Wildman–Crippen LogP) is 7.66. The van der Waals surface area contributed by atoms with Crippen molar-refractivity contribution in [1.82, 2.24) is 0 Å². The Balaban J connectivity index is 1.58. The summed E-state index contributed by atoms with van der Waals surface area (Å²) in [7, 11) is 0. The normalized spacial score (nSPS) is 45.8. The number of hydrogen-bond acceptors (Lipinski definition) is 4. The molecule has 0 radical (unpaired) electrons. The highest BCUT2D eigenvalue weighted by atomic mass is 35.5. The van der Waals surface area contributed by atoms with E-state index in [4.69, 9.17) is 16.3 Å². The molecule has 4 fully saturated rings. The number of esters is 1. The molecule has 0 saturated heterocycles. The molecule has 4 aliphatic carbocycles. The first-order chi connectivity index (χ1) is 16.3. The molecule has 4 aliphatic rings. The second kappa shape index (κ2) is 9.80. The molecule has 0 N–H and O–H groups in total. The second-order valence-corrected chi connectivity index (χ2v) is 14.4. The molecule has 4 saturated carbocycles. The van der Waals surface area contributed by atoms with Gasteiger partial charge in [0.2, 0.25) is 6.04 Å². The lowest BCUT2D eigenvalue weighted by molar-refractivity contribution is -0.543. The van der Waals surface area contributed by atoms with Gasteiger partial charge >= 0.3 is 5.97 Å². The predicted molar refractivity (Wildman–Crippen MR) is 140 cm³/mol. The fourth-order valence-corrected chi connectivity index (χ4v) is 10.4. The van der Waals surface area contributed by atoms with Crippen molar-refractivity contribution in [1.29, 1.82) is 0 Å². The maximum atomic E-state index is 12.5. The Kier molecular flexibility index (Phi) is 7.62. The van der Waals surface area contributed by atoms with Crippen LogP contribution in [0.4, 0.5) is 0 Å². The maximum Gasteiger partial charge on any atom is 0.302 e. The number of nitro groups is 1. The summed E-state index contributed by atoms with van der Waals surface area (Å²) < 4.78 is 5.54. The van der Waals surface area contributed by atoms with Crippen molar-refractivity contribution in [2.45, 2.75) is 129 Å². The smallest absolute Gasteiger partial charge is 0.302 e. The molecule has 4 rings (SSSR count). The van der Waals surface area contributed by atoms with Gasteiger partial charge in [0.15, 0.2) is 0 Å². The summed E-state index contributed by atoms with van der Waals surface area (Å²) in [6, 6.07) is -0.779. The van der Waals surface area contributed by atoms with Gasteiger partial charge in [-0.3, -0.25) is 14.9 Å². The third-order valence-electron chi connectivity index (χ3n) is 11.5. The SMILES string of the molecule is CC(=O)O[C@@H]1CC[C@]2(C)[C@@H]3CC[C@]4(C)[C@H](CC[C@@H]4[C@H](C)CCCC(C)C)[C@H]3C[C@@H]([N+](=O)[O-])[C@@]2(Cl)C1. The minimum absolute atomic E-state index is 0.0927. The molecule has 0 bridgehead atoms. The minimum Gasteiger partial charge on any atom is -0.462 e. The molecule has 0 amide bonds. The highest BCUT2D eigenvalue weighted by molar-refractivity contribution is 6.25. The van der Waals surface area contributed by atoms with Crippen LogP contribution in [0, 0.1) is 56.5 Å². The Morgan fingerprint density at radius 1 is 1.09 bits per heavy atom. The topological polar surface area (TPSA) is 69.4 Å². The molecule has 0 aliphatic heterocycles. The van der Waals surface area contributed by atoms with Gasteiger partial charge in [-0.2, -0.15) is 0 Å². The molecular formula is C29H48ClNO4. The van der Waals surface area contributed by atoms with Crippen molar-refractivity contribution in [3.8, 4) is 0 Å². The number of alkyl halides is 1. The third kappa shape index (κ3) is 4.55. The van der Waals surface area contributed by atoms with E-state index in [1.807, 2.05) is 0 Å². The molecule has 0 unspecified atom stereocenters. The van der Waals surface area contributed by atoms with Crippen LogP contribution >= 0.6 is 11.6 Å². The summed E-state index contributed by atoms with van der Waals surface area (Å²) in [5, 5.41) is 12.5. The highest BCUT2D eigenvalue weighted by Crippen LogP contribution is 2.70. The molecule has 0 heterocycles. The van der Waals surface area contributed by atoms with Crippen LogP contribution < -0.4 is 0 Å². The molecule has 6 heteroatoms. The average Bonchev–Trinajstić information content (AvgIpc) is 3.10. The van der Waals surface area contributed by atoms with Crippen molar-refractivity contribution in [2.24, 2.45) is 46.3 Å². The summed E-state index contributed by atoms with van der Waals surface area (Å²) >= 11 is 7.38. The Morgan fingerprint density at radius 3 is 2.43 bits per heavy atom. The van der Waals surface area contributed by atoms with Gasteiger partial charge in [0, 0.05) is 24.7 Å². The van der Waals surface area contributed by atoms with Gasteiger partial charge in [-0.1, -0.05) is 53.9 Å². The van der Waals surface area contributed by atoms with Crippen LogP contribution in [0.2, 0.25) is 0 Å². The number of hydrogen-bond donors (Lipinski definition) is 0. The number of ether oxygens (including phenoxy) is 1. The van der Waals surface area contributed by atoms with E-state index in [9.17, 15) is 14.9 Å². The maximum absolute atomic E-state index is 12.5. The summed E-state index contributed by atoms with van der Waals surface area (Å²) in [5.74, 6) is 3.24. The zero-order chi connectivity index (χ0) is 25.8. The number of carbonyl (C=O) groups is 1.